The fourth-order valence-electron chi connectivity index (χ4n) is 2.35. The SMILES string of the molecule is CCC(C)c1ccc(O)c(NC(=S)NC(=O)c2ccccc2C)c1. The molecule has 2 aromatic carbocycles. The van der Waals surface area contributed by atoms with Crippen molar-refractivity contribution in [3.63, 3.8) is 0 Å². The summed E-state index contributed by atoms with van der Waals surface area (Å²) >= 11 is 5.20. The van der Waals surface area contributed by atoms with E-state index in [0.717, 1.165) is 17.5 Å². The Bertz CT molecular complexity index is 759. The standard InChI is InChI=1S/C19H22N2O2S/c1-4-12(2)14-9-10-17(22)16(11-14)20-19(24)21-18(23)15-8-6-5-7-13(15)3/h5-12,22H,4H2,1-3H3,(H2,20,21,23,24). The zero-order chi connectivity index (χ0) is 17.7. The molecule has 0 saturated heterocycles. The Morgan fingerprint density at radius 1 is 1.25 bits per heavy atom. The molecule has 5 heteroatoms. The third kappa shape index (κ3) is 4.32. The highest BCUT2D eigenvalue weighted by Gasteiger charge is 2.12. The monoisotopic (exact) mass is 342 g/mol. The van der Waals surface area contributed by atoms with Crippen molar-refractivity contribution in [3.05, 3.63) is 59.2 Å². The molecule has 0 aliphatic carbocycles. The van der Waals surface area contributed by atoms with E-state index in [9.17, 15) is 9.90 Å². The molecule has 0 heterocycles. The fraction of sp³-hybridized carbons (Fsp3) is 0.263. The quantitative estimate of drug-likeness (QED) is 0.571. The van der Waals surface area contributed by atoms with Crippen molar-refractivity contribution in [3.8, 4) is 5.75 Å². The number of phenols is 1. The summed E-state index contributed by atoms with van der Waals surface area (Å²) in [6.07, 6.45) is 0.999. The van der Waals surface area contributed by atoms with Crippen LogP contribution in [0.5, 0.6) is 5.75 Å². The van der Waals surface area contributed by atoms with E-state index in [-0.39, 0.29) is 16.8 Å². The van der Waals surface area contributed by atoms with Gasteiger partial charge in [-0.15, -0.1) is 0 Å². The number of rotatable bonds is 4. The molecule has 1 atom stereocenters. The number of benzene rings is 2. The molecule has 1 unspecified atom stereocenters. The lowest BCUT2D eigenvalue weighted by Gasteiger charge is -2.15. The molecule has 0 bridgehead atoms. The number of aromatic hydroxyl groups is 1. The first-order chi connectivity index (χ1) is 11.4. The highest BCUT2D eigenvalue weighted by molar-refractivity contribution is 7.80. The minimum Gasteiger partial charge on any atom is -0.506 e. The number of anilines is 1. The number of carbonyl (C=O) groups is 1. The first-order valence-electron chi connectivity index (χ1n) is 7.93. The molecule has 3 N–H and O–H groups in total. The number of hydrogen-bond donors (Lipinski definition) is 3. The number of nitrogens with one attached hydrogen (secondary N) is 2. The molecular weight excluding hydrogens is 320 g/mol. The van der Waals surface area contributed by atoms with E-state index in [2.05, 4.69) is 24.5 Å². The van der Waals surface area contributed by atoms with Crippen LogP contribution >= 0.6 is 12.2 Å². The summed E-state index contributed by atoms with van der Waals surface area (Å²) in [5, 5.41) is 15.7. The third-order valence-corrected chi connectivity index (χ3v) is 4.27. The van der Waals surface area contributed by atoms with E-state index in [1.54, 1.807) is 18.2 Å². The van der Waals surface area contributed by atoms with Gasteiger partial charge in [0.1, 0.15) is 5.75 Å². The van der Waals surface area contributed by atoms with E-state index in [1.165, 1.54) is 0 Å². The van der Waals surface area contributed by atoms with Crippen LogP contribution in [0.3, 0.4) is 0 Å². The van der Waals surface area contributed by atoms with Gasteiger partial charge in [-0.3, -0.25) is 10.1 Å². The minimum atomic E-state index is -0.275. The molecule has 1 amide bonds. The summed E-state index contributed by atoms with van der Waals surface area (Å²) in [6, 6.07) is 12.7. The van der Waals surface area contributed by atoms with Gasteiger partial charge < -0.3 is 10.4 Å². The molecule has 2 aromatic rings. The van der Waals surface area contributed by atoms with Crippen LogP contribution < -0.4 is 10.6 Å². The number of thiocarbonyl (C=S) groups is 1. The van der Waals surface area contributed by atoms with Crippen molar-refractivity contribution in [2.75, 3.05) is 5.32 Å². The summed E-state index contributed by atoms with van der Waals surface area (Å²) in [6.45, 7) is 6.10. The topological polar surface area (TPSA) is 61.4 Å². The third-order valence-electron chi connectivity index (χ3n) is 4.07. The highest BCUT2D eigenvalue weighted by Crippen LogP contribution is 2.29. The summed E-state index contributed by atoms with van der Waals surface area (Å²) in [5.41, 5.74) is 3.03. The number of carbonyl (C=O) groups excluding carboxylic acids is 1. The van der Waals surface area contributed by atoms with Gasteiger partial charge in [0.05, 0.1) is 5.69 Å². The van der Waals surface area contributed by atoms with Gasteiger partial charge in [-0.2, -0.15) is 0 Å². The summed E-state index contributed by atoms with van der Waals surface area (Å²) in [7, 11) is 0. The van der Waals surface area contributed by atoms with Crippen LogP contribution in [0.25, 0.3) is 0 Å². The van der Waals surface area contributed by atoms with Gasteiger partial charge in [0.15, 0.2) is 5.11 Å². The van der Waals surface area contributed by atoms with Gasteiger partial charge in [0, 0.05) is 5.56 Å². The van der Waals surface area contributed by atoms with E-state index >= 15 is 0 Å². The Balaban J connectivity index is 2.10. The molecule has 0 radical (unpaired) electrons. The lowest BCUT2D eigenvalue weighted by atomic mass is 9.98. The second kappa shape index (κ2) is 7.93. The van der Waals surface area contributed by atoms with Gasteiger partial charge >= 0.3 is 0 Å². The second-order valence-electron chi connectivity index (χ2n) is 5.81. The Labute approximate surface area is 147 Å². The summed E-state index contributed by atoms with van der Waals surface area (Å²) < 4.78 is 0. The number of amides is 1. The zero-order valence-electron chi connectivity index (χ0n) is 14.1. The van der Waals surface area contributed by atoms with Crippen molar-refractivity contribution in [1.82, 2.24) is 5.32 Å². The van der Waals surface area contributed by atoms with Crippen molar-refractivity contribution in [2.24, 2.45) is 0 Å². The van der Waals surface area contributed by atoms with Crippen LogP contribution in [0.1, 0.15) is 47.7 Å². The lowest BCUT2D eigenvalue weighted by molar-refractivity contribution is 0.0977. The number of phenolic OH excluding ortho intramolecular Hbond substituents is 1. The lowest BCUT2D eigenvalue weighted by Crippen LogP contribution is -2.34. The Kier molecular flexibility index (Phi) is 5.93. The van der Waals surface area contributed by atoms with Crippen molar-refractivity contribution < 1.29 is 9.90 Å². The van der Waals surface area contributed by atoms with Gasteiger partial charge in [0.2, 0.25) is 0 Å². The fourth-order valence-corrected chi connectivity index (χ4v) is 2.55. The van der Waals surface area contributed by atoms with Crippen molar-refractivity contribution >= 4 is 28.9 Å². The largest absolute Gasteiger partial charge is 0.506 e. The molecule has 4 nitrogen and oxygen atoms in total. The normalized spacial score (nSPS) is 11.6. The minimum absolute atomic E-state index is 0.0922. The van der Waals surface area contributed by atoms with Gasteiger partial charge in [-0.25, -0.2) is 0 Å². The van der Waals surface area contributed by atoms with Crippen LogP contribution in [0.2, 0.25) is 0 Å². The van der Waals surface area contributed by atoms with E-state index in [0.29, 0.717) is 17.2 Å². The second-order valence-corrected chi connectivity index (χ2v) is 6.22. The Hall–Kier alpha value is -2.40. The Morgan fingerprint density at radius 3 is 2.62 bits per heavy atom. The molecule has 126 valence electrons. The van der Waals surface area contributed by atoms with Gasteiger partial charge in [0.25, 0.3) is 5.91 Å². The predicted octanol–water partition coefficient (Wildman–Crippen LogP) is 4.34. The molecule has 0 spiro atoms. The first-order valence-corrected chi connectivity index (χ1v) is 8.34. The van der Waals surface area contributed by atoms with E-state index in [4.69, 9.17) is 12.2 Å². The molecule has 0 saturated carbocycles. The zero-order valence-corrected chi connectivity index (χ0v) is 14.9. The van der Waals surface area contributed by atoms with Crippen molar-refractivity contribution in [2.45, 2.75) is 33.1 Å². The average Bonchev–Trinajstić information content (AvgIpc) is 2.56. The van der Waals surface area contributed by atoms with Crippen LogP contribution in [0.4, 0.5) is 5.69 Å². The van der Waals surface area contributed by atoms with Gasteiger partial charge in [-0.1, -0.05) is 38.1 Å². The molecular formula is C19H22N2O2S. The molecule has 0 fully saturated rings. The molecule has 0 aromatic heterocycles. The average molecular weight is 342 g/mol. The molecule has 0 aliphatic heterocycles. The van der Waals surface area contributed by atoms with Crippen molar-refractivity contribution in [1.29, 1.82) is 0 Å². The highest BCUT2D eigenvalue weighted by atomic mass is 32.1. The van der Waals surface area contributed by atoms with E-state index in [1.807, 2.05) is 31.2 Å². The van der Waals surface area contributed by atoms with Crippen LogP contribution in [0.15, 0.2) is 42.5 Å². The maximum Gasteiger partial charge on any atom is 0.257 e. The van der Waals surface area contributed by atoms with Crippen LogP contribution in [0, 0.1) is 6.92 Å². The Morgan fingerprint density at radius 2 is 1.96 bits per heavy atom. The summed E-state index contributed by atoms with van der Waals surface area (Å²) in [5.74, 6) is 0.194. The molecule has 0 aliphatic rings. The van der Waals surface area contributed by atoms with Crippen LogP contribution in [-0.4, -0.2) is 16.1 Å². The number of aryl methyl sites for hydroxylation is 1. The van der Waals surface area contributed by atoms with Crippen LogP contribution in [-0.2, 0) is 0 Å². The molecule has 2 rings (SSSR count). The van der Waals surface area contributed by atoms with E-state index < -0.39 is 0 Å². The first kappa shape index (κ1) is 17.9. The number of hydrogen-bond acceptors (Lipinski definition) is 3. The molecule has 24 heavy (non-hydrogen) atoms. The van der Waals surface area contributed by atoms with Gasteiger partial charge in [-0.05, 0) is 60.8 Å². The maximum absolute atomic E-state index is 12.3. The smallest absolute Gasteiger partial charge is 0.257 e. The maximum atomic E-state index is 12.3. The predicted molar refractivity (Wildman–Crippen MR) is 102 cm³/mol. The summed E-state index contributed by atoms with van der Waals surface area (Å²) in [4.78, 5) is 12.3.